The number of anilines is 2. The van der Waals surface area contributed by atoms with Gasteiger partial charge in [0, 0.05) is 18.2 Å². The smallest absolute Gasteiger partial charge is 0.324 e. The molecule has 3 N–H and O–H groups in total. The van der Waals surface area contributed by atoms with Crippen LogP contribution in [-0.4, -0.2) is 26.9 Å². The zero-order valence-corrected chi connectivity index (χ0v) is 14.1. The van der Waals surface area contributed by atoms with Crippen molar-refractivity contribution in [1.82, 2.24) is 9.78 Å². The lowest BCUT2D eigenvalue weighted by Crippen LogP contribution is -2.23. The number of hydrogen-bond donors (Lipinski definition) is 3. The highest BCUT2D eigenvalue weighted by atomic mass is 16.4. The van der Waals surface area contributed by atoms with E-state index in [1.54, 1.807) is 30.5 Å². The zero-order valence-electron chi connectivity index (χ0n) is 14.1. The molecule has 0 bridgehead atoms. The minimum Gasteiger partial charge on any atom is -0.481 e. The lowest BCUT2D eigenvalue weighted by Gasteiger charge is -2.15. The molecule has 1 aliphatic rings. The molecule has 25 heavy (non-hydrogen) atoms. The van der Waals surface area contributed by atoms with E-state index in [2.05, 4.69) is 22.7 Å². The minimum atomic E-state index is -0.839. The zero-order chi connectivity index (χ0) is 17.8. The number of aromatic nitrogens is 2. The first-order valence-corrected chi connectivity index (χ1v) is 8.45. The second kappa shape index (κ2) is 7.38. The van der Waals surface area contributed by atoms with E-state index in [-0.39, 0.29) is 18.5 Å². The third-order valence-corrected chi connectivity index (χ3v) is 4.41. The third-order valence-electron chi connectivity index (χ3n) is 4.41. The van der Waals surface area contributed by atoms with Crippen LogP contribution in [0, 0.1) is 5.92 Å². The molecule has 0 saturated heterocycles. The van der Waals surface area contributed by atoms with Gasteiger partial charge >= 0.3 is 12.0 Å². The molecule has 1 atom stereocenters. The number of carbonyl (C=O) groups is 2. The van der Waals surface area contributed by atoms with Crippen LogP contribution in [0.5, 0.6) is 0 Å². The summed E-state index contributed by atoms with van der Waals surface area (Å²) < 4.78 is 1.85. The molecule has 3 rings (SSSR count). The molecule has 1 aromatic carbocycles. The van der Waals surface area contributed by atoms with Crippen LogP contribution >= 0.6 is 0 Å². The predicted octanol–water partition coefficient (Wildman–Crippen LogP) is 3.52. The van der Waals surface area contributed by atoms with E-state index in [9.17, 15) is 9.59 Å². The topological polar surface area (TPSA) is 96.3 Å². The quantitative estimate of drug-likeness (QED) is 0.717. The summed E-state index contributed by atoms with van der Waals surface area (Å²) in [6, 6.07) is 8.90. The molecule has 0 spiro atoms. The monoisotopic (exact) mass is 342 g/mol. The largest absolute Gasteiger partial charge is 0.481 e. The van der Waals surface area contributed by atoms with E-state index in [4.69, 9.17) is 5.11 Å². The van der Waals surface area contributed by atoms with Gasteiger partial charge in [0.2, 0.25) is 0 Å². The van der Waals surface area contributed by atoms with Gasteiger partial charge in [-0.3, -0.25) is 10.1 Å². The van der Waals surface area contributed by atoms with Crippen molar-refractivity contribution in [2.24, 2.45) is 5.92 Å². The number of amides is 2. The Balaban J connectivity index is 1.60. The second-order valence-electron chi connectivity index (χ2n) is 6.41. The van der Waals surface area contributed by atoms with Gasteiger partial charge in [0.15, 0.2) is 0 Å². The maximum atomic E-state index is 12.3. The SMILES string of the molecule is CC(C1CC1)n1nccc1NC(=O)Nc1cccc(CCC(=O)O)c1. The van der Waals surface area contributed by atoms with Crippen molar-refractivity contribution >= 4 is 23.5 Å². The molecule has 7 nitrogen and oxygen atoms in total. The fourth-order valence-electron chi connectivity index (χ4n) is 2.85. The first-order valence-electron chi connectivity index (χ1n) is 8.45. The average Bonchev–Trinajstić information content (AvgIpc) is 3.33. The van der Waals surface area contributed by atoms with Crippen molar-refractivity contribution in [2.45, 2.75) is 38.6 Å². The Hall–Kier alpha value is -2.83. The van der Waals surface area contributed by atoms with Crippen molar-refractivity contribution in [3.05, 3.63) is 42.1 Å². The van der Waals surface area contributed by atoms with E-state index >= 15 is 0 Å². The lowest BCUT2D eigenvalue weighted by atomic mass is 10.1. The summed E-state index contributed by atoms with van der Waals surface area (Å²) in [5.41, 5.74) is 1.49. The summed E-state index contributed by atoms with van der Waals surface area (Å²) >= 11 is 0. The molecule has 1 aromatic heterocycles. The summed E-state index contributed by atoms with van der Waals surface area (Å²) in [7, 11) is 0. The number of hydrogen-bond acceptors (Lipinski definition) is 3. The van der Waals surface area contributed by atoms with Crippen molar-refractivity contribution in [1.29, 1.82) is 0 Å². The minimum absolute atomic E-state index is 0.0634. The Morgan fingerprint density at radius 2 is 2.12 bits per heavy atom. The average molecular weight is 342 g/mol. The lowest BCUT2D eigenvalue weighted by molar-refractivity contribution is -0.136. The molecule has 0 aliphatic heterocycles. The van der Waals surface area contributed by atoms with E-state index in [0.717, 1.165) is 5.56 Å². The molecule has 1 unspecified atom stereocenters. The van der Waals surface area contributed by atoms with Crippen molar-refractivity contribution < 1.29 is 14.7 Å². The Morgan fingerprint density at radius 1 is 1.32 bits per heavy atom. The summed E-state index contributed by atoms with van der Waals surface area (Å²) in [6.45, 7) is 2.11. The number of benzene rings is 1. The first kappa shape index (κ1) is 17.0. The van der Waals surface area contributed by atoms with Crippen LogP contribution in [-0.2, 0) is 11.2 Å². The Labute approximate surface area is 146 Å². The maximum Gasteiger partial charge on any atom is 0.324 e. The number of nitrogens with one attached hydrogen (secondary N) is 2. The van der Waals surface area contributed by atoms with Crippen LogP contribution in [0.1, 0.15) is 37.8 Å². The maximum absolute atomic E-state index is 12.3. The number of carboxylic acid groups (broad SMARTS) is 1. The summed E-state index contributed by atoms with van der Waals surface area (Å²) in [6.07, 6.45) is 4.58. The molecule has 1 saturated carbocycles. The van der Waals surface area contributed by atoms with Crippen LogP contribution in [0.2, 0.25) is 0 Å². The molecule has 7 heteroatoms. The van der Waals surface area contributed by atoms with Crippen LogP contribution in [0.3, 0.4) is 0 Å². The van der Waals surface area contributed by atoms with E-state index in [1.807, 2.05) is 10.7 Å². The molecule has 2 aromatic rings. The van der Waals surface area contributed by atoms with E-state index in [0.29, 0.717) is 23.8 Å². The van der Waals surface area contributed by atoms with Gasteiger partial charge in [0.1, 0.15) is 5.82 Å². The van der Waals surface area contributed by atoms with Crippen molar-refractivity contribution in [3.8, 4) is 0 Å². The third kappa shape index (κ3) is 4.59. The molecule has 1 aliphatic carbocycles. The van der Waals surface area contributed by atoms with Gasteiger partial charge in [-0.05, 0) is 49.8 Å². The normalized spacial score (nSPS) is 14.8. The van der Waals surface area contributed by atoms with Crippen molar-refractivity contribution in [3.63, 3.8) is 0 Å². The van der Waals surface area contributed by atoms with Crippen LogP contribution in [0.15, 0.2) is 36.5 Å². The number of aliphatic carboxylic acids is 1. The van der Waals surface area contributed by atoms with E-state index < -0.39 is 5.97 Å². The molecule has 1 heterocycles. The van der Waals surface area contributed by atoms with Gasteiger partial charge in [0.05, 0.1) is 12.2 Å². The Bertz CT molecular complexity index is 767. The molecule has 132 valence electrons. The fourth-order valence-corrected chi connectivity index (χ4v) is 2.85. The Morgan fingerprint density at radius 3 is 2.84 bits per heavy atom. The number of nitrogens with zero attached hydrogens (tertiary/aromatic N) is 2. The van der Waals surface area contributed by atoms with Gasteiger partial charge < -0.3 is 10.4 Å². The number of carbonyl (C=O) groups excluding carboxylic acids is 1. The number of aryl methyl sites for hydroxylation is 1. The number of carboxylic acids is 1. The van der Waals surface area contributed by atoms with Gasteiger partial charge in [-0.2, -0.15) is 5.10 Å². The van der Waals surface area contributed by atoms with Crippen LogP contribution in [0.25, 0.3) is 0 Å². The highest BCUT2D eigenvalue weighted by Gasteiger charge is 2.30. The Kier molecular flexibility index (Phi) is 5.02. The number of urea groups is 1. The van der Waals surface area contributed by atoms with E-state index in [1.165, 1.54) is 12.8 Å². The van der Waals surface area contributed by atoms with Gasteiger partial charge in [0.25, 0.3) is 0 Å². The van der Waals surface area contributed by atoms with Crippen LogP contribution < -0.4 is 10.6 Å². The molecular weight excluding hydrogens is 320 g/mol. The van der Waals surface area contributed by atoms with Gasteiger partial charge in [-0.25, -0.2) is 9.48 Å². The second-order valence-corrected chi connectivity index (χ2v) is 6.41. The molecule has 1 fully saturated rings. The molecule has 0 radical (unpaired) electrons. The molecule has 2 amide bonds. The summed E-state index contributed by atoms with van der Waals surface area (Å²) in [4.78, 5) is 22.9. The summed E-state index contributed by atoms with van der Waals surface area (Å²) in [5, 5.41) is 18.7. The summed E-state index contributed by atoms with van der Waals surface area (Å²) in [5.74, 6) is 0.461. The number of rotatable bonds is 7. The highest BCUT2D eigenvalue weighted by Crippen LogP contribution is 2.40. The van der Waals surface area contributed by atoms with Crippen molar-refractivity contribution in [2.75, 3.05) is 10.6 Å². The standard InChI is InChI=1S/C18H22N4O3/c1-12(14-6-7-14)22-16(9-10-19-22)21-18(25)20-15-4-2-3-13(11-15)5-8-17(23)24/h2-4,9-12,14H,5-8H2,1H3,(H,23,24)(H2,20,21,25). The fraction of sp³-hybridized carbons (Fsp3) is 0.389. The van der Waals surface area contributed by atoms with Gasteiger partial charge in [-0.15, -0.1) is 0 Å². The molecular formula is C18H22N4O3. The van der Waals surface area contributed by atoms with Gasteiger partial charge in [-0.1, -0.05) is 12.1 Å². The van der Waals surface area contributed by atoms with Crippen LogP contribution in [0.4, 0.5) is 16.3 Å². The predicted molar refractivity (Wildman–Crippen MR) is 94.7 cm³/mol. The first-order chi connectivity index (χ1) is 12.0. The highest BCUT2D eigenvalue weighted by molar-refractivity contribution is 5.99.